The molecule has 1 saturated heterocycles. The monoisotopic (exact) mass is 217 g/mol. The molecule has 1 aliphatic heterocycles. The van der Waals surface area contributed by atoms with E-state index in [-0.39, 0.29) is 6.10 Å². The first-order valence-electron chi connectivity index (χ1n) is 5.66. The second kappa shape index (κ2) is 7.17. The van der Waals surface area contributed by atoms with E-state index in [4.69, 9.17) is 14.2 Å². The Kier molecular flexibility index (Phi) is 6.17. The molecule has 1 heterocycles. The maximum Gasteiger partial charge on any atom is 0.0936 e. The van der Waals surface area contributed by atoms with E-state index in [0.29, 0.717) is 25.9 Å². The Morgan fingerprint density at radius 2 is 2.20 bits per heavy atom. The Morgan fingerprint density at radius 1 is 1.40 bits per heavy atom. The smallest absolute Gasteiger partial charge is 0.0936 e. The van der Waals surface area contributed by atoms with E-state index < -0.39 is 0 Å². The van der Waals surface area contributed by atoms with Gasteiger partial charge in [0.25, 0.3) is 0 Å². The van der Waals surface area contributed by atoms with Gasteiger partial charge in [0.15, 0.2) is 0 Å². The lowest BCUT2D eigenvalue weighted by molar-refractivity contribution is -0.0261. The predicted molar refractivity (Wildman–Crippen MR) is 59.1 cm³/mol. The first-order chi connectivity index (χ1) is 7.24. The van der Waals surface area contributed by atoms with Crippen LogP contribution in [0.4, 0.5) is 0 Å². The SMILES string of the molecule is COCCO[C@@H]1COCCN(C(C)C)C1. The third-order valence-electron chi connectivity index (χ3n) is 2.64. The molecule has 0 unspecified atom stereocenters. The fraction of sp³-hybridized carbons (Fsp3) is 1.00. The Bertz CT molecular complexity index is 164. The predicted octanol–water partition coefficient (Wildman–Crippen LogP) is 0.759. The topological polar surface area (TPSA) is 30.9 Å². The summed E-state index contributed by atoms with van der Waals surface area (Å²) in [7, 11) is 1.69. The first kappa shape index (κ1) is 12.9. The van der Waals surface area contributed by atoms with Gasteiger partial charge in [-0.2, -0.15) is 0 Å². The van der Waals surface area contributed by atoms with Gasteiger partial charge in [-0.15, -0.1) is 0 Å². The van der Waals surface area contributed by atoms with Crippen LogP contribution in [-0.4, -0.2) is 63.7 Å². The van der Waals surface area contributed by atoms with Crippen molar-refractivity contribution in [2.45, 2.75) is 26.0 Å². The molecule has 0 saturated carbocycles. The van der Waals surface area contributed by atoms with Gasteiger partial charge in [0.1, 0.15) is 0 Å². The molecule has 0 aliphatic carbocycles. The van der Waals surface area contributed by atoms with Crippen LogP contribution < -0.4 is 0 Å². The summed E-state index contributed by atoms with van der Waals surface area (Å²) < 4.78 is 16.2. The average Bonchev–Trinajstić information content (AvgIpc) is 2.44. The third kappa shape index (κ3) is 4.93. The fourth-order valence-electron chi connectivity index (χ4n) is 1.67. The third-order valence-corrected chi connectivity index (χ3v) is 2.64. The number of rotatable bonds is 5. The Hall–Kier alpha value is -0.160. The zero-order chi connectivity index (χ0) is 11.1. The quantitative estimate of drug-likeness (QED) is 0.636. The van der Waals surface area contributed by atoms with Crippen LogP contribution in [0.3, 0.4) is 0 Å². The van der Waals surface area contributed by atoms with E-state index in [1.807, 2.05) is 0 Å². The fourth-order valence-corrected chi connectivity index (χ4v) is 1.67. The van der Waals surface area contributed by atoms with Gasteiger partial charge in [0, 0.05) is 26.2 Å². The van der Waals surface area contributed by atoms with Crippen LogP contribution in [0.15, 0.2) is 0 Å². The lowest BCUT2D eigenvalue weighted by Crippen LogP contribution is -2.39. The molecule has 1 rings (SSSR count). The highest BCUT2D eigenvalue weighted by atomic mass is 16.5. The van der Waals surface area contributed by atoms with E-state index in [1.54, 1.807) is 7.11 Å². The maximum absolute atomic E-state index is 5.69. The Morgan fingerprint density at radius 3 is 2.87 bits per heavy atom. The number of ether oxygens (including phenoxy) is 3. The van der Waals surface area contributed by atoms with Gasteiger partial charge in [0.2, 0.25) is 0 Å². The average molecular weight is 217 g/mol. The second-order valence-electron chi connectivity index (χ2n) is 4.15. The molecule has 0 aromatic heterocycles. The number of hydrogen-bond donors (Lipinski definition) is 0. The van der Waals surface area contributed by atoms with Crippen molar-refractivity contribution >= 4 is 0 Å². The molecule has 0 N–H and O–H groups in total. The molecule has 1 aliphatic rings. The molecule has 1 atom stereocenters. The standard InChI is InChI=1S/C11H23NO3/c1-10(2)12-4-5-14-9-11(8-12)15-7-6-13-3/h10-11H,4-9H2,1-3H3/t11-/m0/s1. The molecule has 0 aromatic carbocycles. The maximum atomic E-state index is 5.69. The Labute approximate surface area is 92.5 Å². The van der Waals surface area contributed by atoms with Gasteiger partial charge in [-0.05, 0) is 13.8 Å². The van der Waals surface area contributed by atoms with Gasteiger partial charge < -0.3 is 14.2 Å². The normalized spacial score (nSPS) is 24.4. The van der Waals surface area contributed by atoms with E-state index in [9.17, 15) is 0 Å². The lowest BCUT2D eigenvalue weighted by Gasteiger charge is -2.26. The molecule has 0 radical (unpaired) electrons. The van der Waals surface area contributed by atoms with Crippen LogP contribution in [0.2, 0.25) is 0 Å². The summed E-state index contributed by atoms with van der Waals surface area (Å²) in [5, 5.41) is 0. The highest BCUT2D eigenvalue weighted by Crippen LogP contribution is 2.07. The summed E-state index contributed by atoms with van der Waals surface area (Å²) in [6.07, 6.45) is 0.185. The van der Waals surface area contributed by atoms with Gasteiger partial charge >= 0.3 is 0 Å². The lowest BCUT2D eigenvalue weighted by atomic mass is 10.2. The van der Waals surface area contributed by atoms with Crippen molar-refractivity contribution in [2.24, 2.45) is 0 Å². The zero-order valence-electron chi connectivity index (χ0n) is 10.1. The molecule has 1 fully saturated rings. The number of nitrogens with zero attached hydrogens (tertiary/aromatic N) is 1. The molecule has 0 bridgehead atoms. The van der Waals surface area contributed by atoms with Gasteiger partial charge in [0.05, 0.1) is 32.5 Å². The first-order valence-corrected chi connectivity index (χ1v) is 5.66. The van der Waals surface area contributed by atoms with Crippen LogP contribution in [0, 0.1) is 0 Å². The van der Waals surface area contributed by atoms with Crippen LogP contribution in [0.25, 0.3) is 0 Å². The highest BCUT2D eigenvalue weighted by Gasteiger charge is 2.20. The Balaban J connectivity index is 2.29. The van der Waals surface area contributed by atoms with Crippen molar-refractivity contribution in [1.29, 1.82) is 0 Å². The summed E-state index contributed by atoms with van der Waals surface area (Å²) in [4.78, 5) is 2.39. The largest absolute Gasteiger partial charge is 0.382 e. The van der Waals surface area contributed by atoms with Crippen molar-refractivity contribution in [3.05, 3.63) is 0 Å². The summed E-state index contributed by atoms with van der Waals surface area (Å²) >= 11 is 0. The minimum atomic E-state index is 0.185. The molecule has 4 heteroatoms. The molecular formula is C11H23NO3. The molecule has 4 nitrogen and oxygen atoms in total. The van der Waals surface area contributed by atoms with Gasteiger partial charge in [-0.25, -0.2) is 0 Å². The van der Waals surface area contributed by atoms with Crippen molar-refractivity contribution in [3.63, 3.8) is 0 Å². The number of methoxy groups -OCH3 is 1. The zero-order valence-corrected chi connectivity index (χ0v) is 10.1. The number of hydrogen-bond acceptors (Lipinski definition) is 4. The van der Waals surface area contributed by atoms with Crippen LogP contribution >= 0.6 is 0 Å². The highest BCUT2D eigenvalue weighted by molar-refractivity contribution is 4.72. The molecule has 90 valence electrons. The minimum Gasteiger partial charge on any atom is -0.382 e. The van der Waals surface area contributed by atoms with Gasteiger partial charge in [-0.1, -0.05) is 0 Å². The second-order valence-corrected chi connectivity index (χ2v) is 4.15. The van der Waals surface area contributed by atoms with Crippen LogP contribution in [-0.2, 0) is 14.2 Å². The summed E-state index contributed by atoms with van der Waals surface area (Å²) in [6.45, 7) is 9.18. The van der Waals surface area contributed by atoms with Crippen molar-refractivity contribution in [3.8, 4) is 0 Å². The summed E-state index contributed by atoms with van der Waals surface area (Å²) in [5.41, 5.74) is 0. The van der Waals surface area contributed by atoms with E-state index in [2.05, 4.69) is 18.7 Å². The molecule has 0 aromatic rings. The summed E-state index contributed by atoms with van der Waals surface area (Å²) in [5.74, 6) is 0. The van der Waals surface area contributed by atoms with E-state index in [0.717, 1.165) is 19.7 Å². The molecule has 0 amide bonds. The van der Waals surface area contributed by atoms with E-state index in [1.165, 1.54) is 0 Å². The van der Waals surface area contributed by atoms with E-state index >= 15 is 0 Å². The molecule has 15 heavy (non-hydrogen) atoms. The van der Waals surface area contributed by atoms with Crippen molar-refractivity contribution in [1.82, 2.24) is 4.90 Å². The van der Waals surface area contributed by atoms with Gasteiger partial charge in [-0.3, -0.25) is 4.90 Å². The summed E-state index contributed by atoms with van der Waals surface area (Å²) in [6, 6.07) is 0.556. The molecular weight excluding hydrogens is 194 g/mol. The van der Waals surface area contributed by atoms with Crippen LogP contribution in [0.5, 0.6) is 0 Å². The molecule has 0 spiro atoms. The van der Waals surface area contributed by atoms with Crippen molar-refractivity contribution < 1.29 is 14.2 Å². The van der Waals surface area contributed by atoms with Crippen LogP contribution in [0.1, 0.15) is 13.8 Å². The van der Waals surface area contributed by atoms with Crippen molar-refractivity contribution in [2.75, 3.05) is 46.6 Å². The minimum absolute atomic E-state index is 0.185.